The minimum absolute atomic E-state index is 0.364. The Morgan fingerprint density at radius 3 is 2.80 bits per heavy atom. The van der Waals surface area contributed by atoms with Gasteiger partial charge in [-0.2, -0.15) is 0 Å². The minimum atomic E-state index is -0.364. The molecule has 0 heterocycles. The van der Waals surface area contributed by atoms with Crippen LogP contribution in [0.1, 0.15) is 26.2 Å². The molecule has 0 spiro atoms. The Labute approximate surface area is 99.4 Å². The molecule has 0 aliphatic carbocycles. The molecule has 1 atom stereocenters. The van der Waals surface area contributed by atoms with Gasteiger partial charge in [0.25, 0.3) is 0 Å². The van der Waals surface area contributed by atoms with Crippen LogP contribution in [0.25, 0.3) is 0 Å². The summed E-state index contributed by atoms with van der Waals surface area (Å²) < 4.78 is 6.42. The van der Waals surface area contributed by atoms with Gasteiger partial charge in [0.15, 0.2) is 0 Å². The van der Waals surface area contributed by atoms with Crippen LogP contribution in [-0.2, 0) is 0 Å². The SMILES string of the molecule is CCCCC(O)COc1ccccc1Br. The molecule has 0 saturated carbocycles. The number of ether oxygens (including phenoxy) is 1. The average molecular weight is 273 g/mol. The molecule has 1 N–H and O–H groups in total. The molecule has 0 amide bonds. The van der Waals surface area contributed by atoms with Gasteiger partial charge in [0, 0.05) is 0 Å². The van der Waals surface area contributed by atoms with E-state index >= 15 is 0 Å². The van der Waals surface area contributed by atoms with Crippen LogP contribution in [0.5, 0.6) is 5.75 Å². The van der Waals surface area contributed by atoms with Crippen LogP contribution in [0.2, 0.25) is 0 Å². The molecule has 0 aromatic heterocycles. The second-order valence-electron chi connectivity index (χ2n) is 3.54. The van der Waals surface area contributed by atoms with Crippen molar-refractivity contribution in [2.45, 2.75) is 32.3 Å². The number of benzene rings is 1. The highest BCUT2D eigenvalue weighted by molar-refractivity contribution is 9.10. The number of unbranched alkanes of at least 4 members (excludes halogenated alkanes) is 1. The van der Waals surface area contributed by atoms with Gasteiger partial charge < -0.3 is 9.84 Å². The fourth-order valence-electron chi connectivity index (χ4n) is 1.27. The maximum atomic E-state index is 9.59. The molecule has 1 unspecified atom stereocenters. The van der Waals surface area contributed by atoms with E-state index in [1.807, 2.05) is 24.3 Å². The molecule has 1 aromatic rings. The zero-order chi connectivity index (χ0) is 11.1. The molecular weight excluding hydrogens is 256 g/mol. The van der Waals surface area contributed by atoms with Gasteiger partial charge in [-0.15, -0.1) is 0 Å². The van der Waals surface area contributed by atoms with E-state index in [0.717, 1.165) is 29.5 Å². The zero-order valence-electron chi connectivity index (χ0n) is 8.95. The predicted molar refractivity (Wildman–Crippen MR) is 65.2 cm³/mol. The number of halogens is 1. The first-order valence-electron chi connectivity index (χ1n) is 5.29. The second-order valence-corrected chi connectivity index (χ2v) is 4.39. The number of aliphatic hydroxyl groups is 1. The maximum absolute atomic E-state index is 9.59. The smallest absolute Gasteiger partial charge is 0.133 e. The van der Waals surface area contributed by atoms with E-state index in [1.165, 1.54) is 0 Å². The highest BCUT2D eigenvalue weighted by atomic mass is 79.9. The van der Waals surface area contributed by atoms with Crippen molar-refractivity contribution in [1.29, 1.82) is 0 Å². The van der Waals surface area contributed by atoms with Crippen molar-refractivity contribution in [3.05, 3.63) is 28.7 Å². The fourth-order valence-corrected chi connectivity index (χ4v) is 1.67. The predicted octanol–water partition coefficient (Wildman–Crippen LogP) is 3.38. The number of aliphatic hydroxyl groups excluding tert-OH is 1. The van der Waals surface area contributed by atoms with Crippen molar-refractivity contribution in [1.82, 2.24) is 0 Å². The normalized spacial score (nSPS) is 12.5. The van der Waals surface area contributed by atoms with E-state index in [9.17, 15) is 5.11 Å². The lowest BCUT2D eigenvalue weighted by Crippen LogP contribution is -2.17. The van der Waals surface area contributed by atoms with Gasteiger partial charge in [-0.1, -0.05) is 31.9 Å². The summed E-state index contributed by atoms with van der Waals surface area (Å²) in [7, 11) is 0. The van der Waals surface area contributed by atoms with Gasteiger partial charge in [0.05, 0.1) is 10.6 Å². The number of hydrogen-bond donors (Lipinski definition) is 1. The highest BCUT2D eigenvalue weighted by Crippen LogP contribution is 2.23. The summed E-state index contributed by atoms with van der Waals surface area (Å²) >= 11 is 3.39. The van der Waals surface area contributed by atoms with Crippen LogP contribution in [0.4, 0.5) is 0 Å². The van der Waals surface area contributed by atoms with Crippen LogP contribution >= 0.6 is 15.9 Å². The first kappa shape index (κ1) is 12.5. The van der Waals surface area contributed by atoms with Crippen molar-refractivity contribution in [2.24, 2.45) is 0 Å². The Morgan fingerprint density at radius 1 is 1.40 bits per heavy atom. The second kappa shape index (κ2) is 6.85. The molecule has 0 saturated heterocycles. The molecule has 2 nitrogen and oxygen atoms in total. The summed E-state index contributed by atoms with van der Waals surface area (Å²) in [5, 5.41) is 9.59. The summed E-state index contributed by atoms with van der Waals surface area (Å²) in [6, 6.07) is 7.66. The third-order valence-electron chi connectivity index (χ3n) is 2.16. The van der Waals surface area contributed by atoms with Crippen LogP contribution in [0.3, 0.4) is 0 Å². The quantitative estimate of drug-likeness (QED) is 0.861. The van der Waals surface area contributed by atoms with E-state index in [2.05, 4.69) is 22.9 Å². The molecule has 1 aromatic carbocycles. The van der Waals surface area contributed by atoms with Crippen LogP contribution in [-0.4, -0.2) is 17.8 Å². The molecule has 0 aliphatic heterocycles. The maximum Gasteiger partial charge on any atom is 0.133 e. The first-order chi connectivity index (χ1) is 7.24. The van der Waals surface area contributed by atoms with Crippen LogP contribution in [0.15, 0.2) is 28.7 Å². The standard InChI is InChI=1S/C12H17BrO2/c1-2-3-6-10(14)9-15-12-8-5-4-7-11(12)13/h4-5,7-8,10,14H,2-3,6,9H2,1H3. The summed E-state index contributed by atoms with van der Waals surface area (Å²) in [5.41, 5.74) is 0. The zero-order valence-corrected chi connectivity index (χ0v) is 10.5. The van der Waals surface area contributed by atoms with Gasteiger partial charge in [-0.05, 0) is 34.5 Å². The van der Waals surface area contributed by atoms with Crippen molar-refractivity contribution < 1.29 is 9.84 Å². The van der Waals surface area contributed by atoms with E-state index in [1.54, 1.807) is 0 Å². The Hall–Kier alpha value is -0.540. The van der Waals surface area contributed by atoms with E-state index in [4.69, 9.17) is 4.74 Å². The first-order valence-corrected chi connectivity index (χ1v) is 6.08. The van der Waals surface area contributed by atoms with E-state index < -0.39 is 0 Å². The van der Waals surface area contributed by atoms with Crippen molar-refractivity contribution in [2.75, 3.05) is 6.61 Å². The van der Waals surface area contributed by atoms with Crippen molar-refractivity contribution in [3.63, 3.8) is 0 Å². The lowest BCUT2D eigenvalue weighted by Gasteiger charge is -2.12. The third-order valence-corrected chi connectivity index (χ3v) is 2.81. The topological polar surface area (TPSA) is 29.5 Å². The molecule has 1 rings (SSSR count). The van der Waals surface area contributed by atoms with Crippen molar-refractivity contribution in [3.8, 4) is 5.75 Å². The van der Waals surface area contributed by atoms with Gasteiger partial charge in [-0.3, -0.25) is 0 Å². The summed E-state index contributed by atoms with van der Waals surface area (Å²) in [6.45, 7) is 2.48. The largest absolute Gasteiger partial charge is 0.490 e. The summed E-state index contributed by atoms with van der Waals surface area (Å²) in [4.78, 5) is 0. The van der Waals surface area contributed by atoms with Gasteiger partial charge in [0.1, 0.15) is 12.4 Å². The lowest BCUT2D eigenvalue weighted by atomic mass is 10.2. The molecule has 3 heteroatoms. The van der Waals surface area contributed by atoms with E-state index in [-0.39, 0.29) is 6.10 Å². The summed E-state index contributed by atoms with van der Waals surface area (Å²) in [6.07, 6.45) is 2.59. The molecule has 0 aliphatic rings. The monoisotopic (exact) mass is 272 g/mol. The van der Waals surface area contributed by atoms with Crippen LogP contribution in [0, 0.1) is 0 Å². The van der Waals surface area contributed by atoms with Crippen molar-refractivity contribution >= 4 is 15.9 Å². The van der Waals surface area contributed by atoms with Gasteiger partial charge in [-0.25, -0.2) is 0 Å². The number of hydrogen-bond acceptors (Lipinski definition) is 2. The lowest BCUT2D eigenvalue weighted by molar-refractivity contribution is 0.0976. The molecule has 84 valence electrons. The Balaban J connectivity index is 2.33. The summed E-state index contributed by atoms with van der Waals surface area (Å²) in [5.74, 6) is 0.785. The van der Waals surface area contributed by atoms with Crippen LogP contribution < -0.4 is 4.74 Å². The molecule has 0 fully saturated rings. The highest BCUT2D eigenvalue weighted by Gasteiger charge is 2.05. The third kappa shape index (κ3) is 4.67. The Kier molecular flexibility index (Phi) is 5.73. The fraction of sp³-hybridized carbons (Fsp3) is 0.500. The Bertz CT molecular complexity index is 289. The number of para-hydroxylation sites is 1. The van der Waals surface area contributed by atoms with Gasteiger partial charge >= 0.3 is 0 Å². The van der Waals surface area contributed by atoms with Gasteiger partial charge in [0.2, 0.25) is 0 Å². The van der Waals surface area contributed by atoms with E-state index in [0.29, 0.717) is 6.61 Å². The molecule has 0 radical (unpaired) electrons. The number of rotatable bonds is 6. The molecular formula is C12H17BrO2. The Morgan fingerprint density at radius 2 is 2.13 bits per heavy atom. The molecule has 15 heavy (non-hydrogen) atoms. The molecule has 0 bridgehead atoms. The average Bonchev–Trinajstić information content (AvgIpc) is 2.25. The minimum Gasteiger partial charge on any atom is -0.490 e.